The van der Waals surface area contributed by atoms with Crippen LogP contribution >= 0.6 is 0 Å². The summed E-state index contributed by atoms with van der Waals surface area (Å²) < 4.78 is 19.2. The van der Waals surface area contributed by atoms with Gasteiger partial charge in [0.2, 0.25) is 0 Å². The lowest BCUT2D eigenvalue weighted by atomic mass is 10.0. The van der Waals surface area contributed by atoms with Crippen LogP contribution in [0.1, 0.15) is 11.7 Å². The first-order chi connectivity index (χ1) is 14.8. The van der Waals surface area contributed by atoms with Gasteiger partial charge >= 0.3 is 0 Å². The van der Waals surface area contributed by atoms with Crippen LogP contribution in [-0.4, -0.2) is 77.1 Å². The number of aryl methyl sites for hydroxylation is 1. The highest BCUT2D eigenvalue weighted by atomic mass is 16.5. The number of morpholine rings is 1. The Bertz CT molecular complexity index is 1010. The Morgan fingerprint density at radius 3 is 2.67 bits per heavy atom. The van der Waals surface area contributed by atoms with Gasteiger partial charge in [-0.05, 0) is 19.1 Å². The van der Waals surface area contributed by atoms with Crippen LogP contribution < -0.4 is 4.74 Å². The van der Waals surface area contributed by atoms with E-state index >= 15 is 0 Å². The molecule has 0 unspecified atom stereocenters. The van der Waals surface area contributed by atoms with E-state index in [0.717, 1.165) is 67.0 Å². The number of imidazole rings is 2. The summed E-state index contributed by atoms with van der Waals surface area (Å²) in [5.41, 5.74) is 4.85. The van der Waals surface area contributed by atoms with E-state index in [9.17, 15) is 0 Å². The van der Waals surface area contributed by atoms with E-state index < -0.39 is 0 Å². The molecule has 8 nitrogen and oxygen atoms in total. The van der Waals surface area contributed by atoms with Gasteiger partial charge in [-0.2, -0.15) is 0 Å². The van der Waals surface area contributed by atoms with Crippen molar-refractivity contribution < 1.29 is 14.2 Å². The summed E-state index contributed by atoms with van der Waals surface area (Å²) in [5.74, 6) is 0.808. The normalized spacial score (nSPS) is 22.5. The van der Waals surface area contributed by atoms with Crippen LogP contribution in [0.15, 0.2) is 36.9 Å². The van der Waals surface area contributed by atoms with Crippen LogP contribution in [0.25, 0.3) is 22.6 Å². The van der Waals surface area contributed by atoms with E-state index in [1.54, 1.807) is 13.4 Å². The highest BCUT2D eigenvalue weighted by Gasteiger charge is 2.37. The first kappa shape index (κ1) is 19.3. The first-order valence-corrected chi connectivity index (χ1v) is 10.4. The monoisotopic (exact) mass is 409 g/mol. The molecule has 0 radical (unpaired) electrons. The molecule has 2 saturated heterocycles. The lowest BCUT2D eigenvalue weighted by molar-refractivity contribution is 0.00880. The summed E-state index contributed by atoms with van der Waals surface area (Å²) in [5, 5.41) is 0. The maximum Gasteiger partial charge on any atom is 0.119 e. The summed E-state index contributed by atoms with van der Waals surface area (Å²) in [4.78, 5) is 15.2. The zero-order valence-corrected chi connectivity index (χ0v) is 17.4. The molecule has 158 valence electrons. The fraction of sp³-hybridized carbons (Fsp3) is 0.455. The topological polar surface area (TPSA) is 77.4 Å². The average molecular weight is 409 g/mol. The summed E-state index contributed by atoms with van der Waals surface area (Å²) in [6, 6.07) is 8.47. The van der Waals surface area contributed by atoms with Gasteiger partial charge in [-0.3, -0.25) is 4.90 Å². The predicted octanol–water partition coefficient (Wildman–Crippen LogP) is 2.53. The van der Waals surface area contributed by atoms with Gasteiger partial charge in [0.05, 0.1) is 69.7 Å². The Labute approximate surface area is 175 Å². The Morgan fingerprint density at radius 2 is 1.90 bits per heavy atom. The Balaban J connectivity index is 1.60. The number of rotatable bonds is 5. The maximum atomic E-state index is 5.95. The molecule has 4 heterocycles. The molecule has 2 aliphatic heterocycles. The number of aromatic nitrogens is 4. The van der Waals surface area contributed by atoms with Gasteiger partial charge in [0.1, 0.15) is 11.4 Å². The highest BCUT2D eigenvalue weighted by molar-refractivity contribution is 5.78. The van der Waals surface area contributed by atoms with Gasteiger partial charge in [0, 0.05) is 24.3 Å². The van der Waals surface area contributed by atoms with Crippen molar-refractivity contribution in [2.75, 3.05) is 46.6 Å². The molecule has 30 heavy (non-hydrogen) atoms. The van der Waals surface area contributed by atoms with Gasteiger partial charge in [0.15, 0.2) is 0 Å². The molecule has 0 saturated carbocycles. The van der Waals surface area contributed by atoms with E-state index in [1.807, 2.05) is 31.5 Å². The Kier molecular flexibility index (Phi) is 5.28. The van der Waals surface area contributed by atoms with Crippen molar-refractivity contribution in [3.8, 4) is 28.4 Å². The third-order valence-electron chi connectivity index (χ3n) is 6.08. The second kappa shape index (κ2) is 8.22. The van der Waals surface area contributed by atoms with E-state index in [2.05, 4.69) is 25.5 Å². The molecule has 3 aromatic rings. The molecule has 5 rings (SSSR count). The minimum absolute atomic E-state index is 0.168. The van der Waals surface area contributed by atoms with Crippen molar-refractivity contribution in [1.29, 1.82) is 0 Å². The van der Waals surface area contributed by atoms with Crippen molar-refractivity contribution >= 4 is 0 Å². The van der Waals surface area contributed by atoms with Crippen molar-refractivity contribution in [2.45, 2.75) is 19.0 Å². The molecule has 1 aromatic carbocycles. The molecule has 0 aliphatic carbocycles. The van der Waals surface area contributed by atoms with Gasteiger partial charge in [0.25, 0.3) is 0 Å². The zero-order valence-electron chi connectivity index (χ0n) is 17.4. The second-order valence-corrected chi connectivity index (χ2v) is 7.78. The summed E-state index contributed by atoms with van der Waals surface area (Å²) in [7, 11) is 1.68. The number of benzene rings is 1. The van der Waals surface area contributed by atoms with Crippen LogP contribution in [-0.2, 0) is 9.47 Å². The van der Waals surface area contributed by atoms with Crippen LogP contribution in [0, 0.1) is 6.92 Å². The molecule has 1 N–H and O–H groups in total. The molecular weight excluding hydrogens is 382 g/mol. The number of aromatic amines is 1. The minimum atomic E-state index is 0.168. The van der Waals surface area contributed by atoms with Gasteiger partial charge in [-0.1, -0.05) is 12.1 Å². The number of hydrogen-bond donors (Lipinski definition) is 1. The third kappa shape index (κ3) is 3.40. The lowest BCUT2D eigenvalue weighted by Gasteiger charge is -2.35. The Morgan fingerprint density at radius 1 is 1.07 bits per heavy atom. The Hall–Kier alpha value is -2.68. The molecule has 0 bridgehead atoms. The molecule has 8 heteroatoms. The van der Waals surface area contributed by atoms with Crippen LogP contribution in [0.2, 0.25) is 0 Å². The summed E-state index contributed by atoms with van der Waals surface area (Å²) in [6.45, 7) is 6.82. The number of methoxy groups -OCH3 is 1. The van der Waals surface area contributed by atoms with Crippen LogP contribution in [0.3, 0.4) is 0 Å². The largest absolute Gasteiger partial charge is 0.497 e. The van der Waals surface area contributed by atoms with Crippen molar-refractivity contribution in [2.24, 2.45) is 0 Å². The SMILES string of the molecule is COc1cccc(-c2ncn([C@H]3COC[C@@H]3N3CCOCC3)c2-c2nc[nH]c2C)c1. The maximum absolute atomic E-state index is 5.95. The molecule has 2 aliphatic rings. The van der Waals surface area contributed by atoms with E-state index in [0.29, 0.717) is 12.6 Å². The average Bonchev–Trinajstić information content (AvgIpc) is 3.53. The molecule has 2 atom stereocenters. The van der Waals surface area contributed by atoms with Crippen LogP contribution in [0.5, 0.6) is 5.75 Å². The van der Waals surface area contributed by atoms with Gasteiger partial charge in [-0.25, -0.2) is 9.97 Å². The standard InChI is InChI=1S/C22H27N5O3/c1-15-20(24-13-23-15)22-21(16-4-3-5-17(10-16)28-2)25-14-27(22)19-12-30-11-18(19)26-6-8-29-9-7-26/h3-5,10,13-14,18-19H,6-9,11-12H2,1-2H3,(H,23,24)/t18-,19-/m0/s1. The minimum Gasteiger partial charge on any atom is -0.497 e. The fourth-order valence-electron chi connectivity index (χ4n) is 4.48. The third-order valence-corrected chi connectivity index (χ3v) is 6.08. The van der Waals surface area contributed by atoms with Crippen molar-refractivity contribution in [3.63, 3.8) is 0 Å². The highest BCUT2D eigenvalue weighted by Crippen LogP contribution is 2.37. The second-order valence-electron chi connectivity index (χ2n) is 7.78. The van der Waals surface area contributed by atoms with Crippen molar-refractivity contribution in [3.05, 3.63) is 42.6 Å². The van der Waals surface area contributed by atoms with Crippen LogP contribution in [0.4, 0.5) is 0 Å². The van der Waals surface area contributed by atoms with E-state index in [1.165, 1.54) is 0 Å². The summed E-state index contributed by atoms with van der Waals surface area (Å²) in [6.07, 6.45) is 3.67. The van der Waals surface area contributed by atoms with Crippen molar-refractivity contribution in [1.82, 2.24) is 24.4 Å². The fourth-order valence-corrected chi connectivity index (χ4v) is 4.48. The molecular formula is C22H27N5O3. The quantitative estimate of drug-likeness (QED) is 0.698. The molecule has 2 fully saturated rings. The molecule has 2 aromatic heterocycles. The number of H-pyrrole nitrogens is 1. The zero-order chi connectivity index (χ0) is 20.5. The van der Waals surface area contributed by atoms with Gasteiger partial charge < -0.3 is 23.8 Å². The first-order valence-electron chi connectivity index (χ1n) is 10.4. The lowest BCUT2D eigenvalue weighted by Crippen LogP contribution is -2.47. The van der Waals surface area contributed by atoms with E-state index in [-0.39, 0.29) is 6.04 Å². The smallest absolute Gasteiger partial charge is 0.119 e. The number of hydrogen-bond acceptors (Lipinski definition) is 6. The molecule has 0 spiro atoms. The molecule has 0 amide bonds. The van der Waals surface area contributed by atoms with E-state index in [4.69, 9.17) is 19.2 Å². The number of nitrogens with zero attached hydrogens (tertiary/aromatic N) is 4. The van der Waals surface area contributed by atoms with Gasteiger partial charge in [-0.15, -0.1) is 0 Å². The number of nitrogens with one attached hydrogen (secondary N) is 1. The number of ether oxygens (including phenoxy) is 3. The predicted molar refractivity (Wildman–Crippen MR) is 113 cm³/mol. The summed E-state index contributed by atoms with van der Waals surface area (Å²) >= 11 is 0.